The lowest BCUT2D eigenvalue weighted by atomic mass is 9.92. The number of pyridine rings is 1. The zero-order valence-electron chi connectivity index (χ0n) is 15.3. The highest BCUT2D eigenvalue weighted by Crippen LogP contribution is 2.21. The summed E-state index contributed by atoms with van der Waals surface area (Å²) in [6.45, 7) is 9.91. The predicted molar refractivity (Wildman–Crippen MR) is 100 cm³/mol. The van der Waals surface area contributed by atoms with Crippen molar-refractivity contribution in [3.63, 3.8) is 0 Å². The highest BCUT2D eigenvalue weighted by atomic mass is 15.3. The van der Waals surface area contributed by atoms with E-state index in [4.69, 9.17) is 0 Å². The van der Waals surface area contributed by atoms with E-state index >= 15 is 0 Å². The van der Waals surface area contributed by atoms with Gasteiger partial charge in [-0.15, -0.1) is 0 Å². The van der Waals surface area contributed by atoms with Crippen LogP contribution in [0.2, 0.25) is 0 Å². The molecule has 5 nitrogen and oxygen atoms in total. The maximum Gasteiger partial charge on any atom is 0.193 e. The number of aliphatic imine (C=N–C) groups is 1. The van der Waals surface area contributed by atoms with Gasteiger partial charge in [-0.25, -0.2) is 4.98 Å². The van der Waals surface area contributed by atoms with E-state index in [2.05, 4.69) is 51.1 Å². The van der Waals surface area contributed by atoms with Crippen LogP contribution in [0.5, 0.6) is 0 Å². The molecule has 5 heteroatoms. The lowest BCUT2D eigenvalue weighted by molar-refractivity contribution is 0.208. The lowest BCUT2D eigenvalue weighted by Crippen LogP contribution is -2.48. The number of piperidine rings is 1. The van der Waals surface area contributed by atoms with Gasteiger partial charge in [-0.1, -0.05) is 19.9 Å². The Bertz CT molecular complexity index is 537. The van der Waals surface area contributed by atoms with Gasteiger partial charge in [-0.05, 0) is 42.7 Å². The van der Waals surface area contributed by atoms with E-state index in [1.807, 2.05) is 13.2 Å². The van der Waals surface area contributed by atoms with Gasteiger partial charge >= 0.3 is 0 Å². The first-order chi connectivity index (χ1) is 11.7. The van der Waals surface area contributed by atoms with Crippen LogP contribution in [0.25, 0.3) is 0 Å². The Morgan fingerprint density at radius 1 is 1.21 bits per heavy atom. The summed E-state index contributed by atoms with van der Waals surface area (Å²) in [4.78, 5) is 13.9. The fourth-order valence-electron chi connectivity index (χ4n) is 4.00. The molecule has 24 heavy (non-hydrogen) atoms. The van der Waals surface area contributed by atoms with Crippen molar-refractivity contribution in [2.24, 2.45) is 16.8 Å². The summed E-state index contributed by atoms with van der Waals surface area (Å²) < 4.78 is 0. The Balaban J connectivity index is 1.55. The molecule has 2 unspecified atom stereocenters. The monoisotopic (exact) mass is 329 g/mol. The van der Waals surface area contributed by atoms with Gasteiger partial charge in [0.15, 0.2) is 5.96 Å². The van der Waals surface area contributed by atoms with Crippen LogP contribution >= 0.6 is 0 Å². The average molecular weight is 329 g/mol. The summed E-state index contributed by atoms with van der Waals surface area (Å²) in [6, 6.07) is 4.33. The molecular formula is C19H31N5. The minimum absolute atomic E-state index is 0.730. The third kappa shape index (κ3) is 4.19. The maximum atomic E-state index is 4.63. The summed E-state index contributed by atoms with van der Waals surface area (Å²) >= 11 is 0. The third-order valence-electron chi connectivity index (χ3n) is 5.07. The normalized spacial score (nSPS) is 25.2. The second-order valence-corrected chi connectivity index (χ2v) is 7.47. The Morgan fingerprint density at radius 2 is 1.92 bits per heavy atom. The summed E-state index contributed by atoms with van der Waals surface area (Å²) in [5, 5.41) is 3.51. The van der Waals surface area contributed by atoms with Crippen molar-refractivity contribution >= 4 is 11.8 Å². The fraction of sp³-hybridized carbons (Fsp3) is 0.684. The number of guanidine groups is 1. The molecule has 2 atom stereocenters. The van der Waals surface area contributed by atoms with E-state index in [1.54, 1.807) is 0 Å². The Hall–Kier alpha value is -1.78. The first kappa shape index (κ1) is 17.1. The second kappa shape index (κ2) is 7.86. The Kier molecular flexibility index (Phi) is 5.59. The van der Waals surface area contributed by atoms with Crippen molar-refractivity contribution in [2.45, 2.75) is 39.7 Å². The quantitative estimate of drug-likeness (QED) is 0.684. The van der Waals surface area contributed by atoms with Gasteiger partial charge in [-0.3, -0.25) is 4.99 Å². The molecule has 0 radical (unpaired) electrons. The standard InChI is InChI=1S/C19H31N5/c1-15-10-16(2)14-24(13-15)19(20-3)22-12-17-6-7-18(21-11-17)23-8-4-5-9-23/h6-7,11,15-16H,4-5,8-10,12-14H2,1-3H3,(H,20,22). The Labute approximate surface area is 146 Å². The topological polar surface area (TPSA) is 43.8 Å². The molecule has 132 valence electrons. The number of hydrogen-bond acceptors (Lipinski definition) is 3. The van der Waals surface area contributed by atoms with Crippen molar-refractivity contribution in [1.82, 2.24) is 15.2 Å². The number of nitrogens with one attached hydrogen (secondary N) is 1. The molecule has 1 aromatic rings. The first-order valence-corrected chi connectivity index (χ1v) is 9.31. The number of rotatable bonds is 3. The summed E-state index contributed by atoms with van der Waals surface area (Å²) in [5.41, 5.74) is 1.21. The van der Waals surface area contributed by atoms with E-state index in [1.165, 1.54) is 24.8 Å². The smallest absolute Gasteiger partial charge is 0.193 e. The van der Waals surface area contributed by atoms with Gasteiger partial charge in [0.2, 0.25) is 0 Å². The molecule has 0 spiro atoms. The predicted octanol–water partition coefficient (Wildman–Crippen LogP) is 2.74. The molecule has 2 aliphatic heterocycles. The van der Waals surface area contributed by atoms with Crippen molar-refractivity contribution in [2.75, 3.05) is 38.1 Å². The summed E-state index contributed by atoms with van der Waals surface area (Å²) in [7, 11) is 1.88. The van der Waals surface area contributed by atoms with Gasteiger partial charge < -0.3 is 15.1 Å². The molecule has 0 bridgehead atoms. The van der Waals surface area contributed by atoms with Crippen molar-refractivity contribution in [1.29, 1.82) is 0 Å². The highest BCUT2D eigenvalue weighted by molar-refractivity contribution is 5.80. The first-order valence-electron chi connectivity index (χ1n) is 9.31. The van der Waals surface area contributed by atoms with Crippen LogP contribution in [0.3, 0.4) is 0 Å². The number of hydrogen-bond donors (Lipinski definition) is 1. The minimum Gasteiger partial charge on any atom is -0.357 e. The molecule has 1 N–H and O–H groups in total. The van der Waals surface area contributed by atoms with E-state index in [0.29, 0.717) is 0 Å². The average Bonchev–Trinajstić information content (AvgIpc) is 3.09. The molecule has 3 heterocycles. The third-order valence-corrected chi connectivity index (χ3v) is 5.07. The van der Waals surface area contributed by atoms with E-state index in [-0.39, 0.29) is 0 Å². The number of nitrogens with zero attached hydrogens (tertiary/aromatic N) is 4. The van der Waals surface area contributed by atoms with Gasteiger partial charge in [0.05, 0.1) is 0 Å². The molecule has 2 aliphatic rings. The molecule has 0 aromatic carbocycles. The van der Waals surface area contributed by atoms with Crippen LogP contribution in [0.1, 0.15) is 38.7 Å². The van der Waals surface area contributed by atoms with Crippen molar-refractivity contribution in [3.8, 4) is 0 Å². The van der Waals surface area contributed by atoms with E-state index in [0.717, 1.165) is 56.3 Å². The molecular weight excluding hydrogens is 298 g/mol. The molecule has 3 rings (SSSR count). The Morgan fingerprint density at radius 3 is 2.50 bits per heavy atom. The van der Waals surface area contributed by atoms with E-state index < -0.39 is 0 Å². The summed E-state index contributed by atoms with van der Waals surface area (Å²) in [6.07, 6.45) is 5.88. The van der Waals surface area contributed by atoms with Gasteiger partial charge in [-0.2, -0.15) is 0 Å². The second-order valence-electron chi connectivity index (χ2n) is 7.47. The summed E-state index contributed by atoms with van der Waals surface area (Å²) in [5.74, 6) is 3.58. The molecule has 0 saturated carbocycles. The van der Waals surface area contributed by atoms with Gasteiger partial charge in [0, 0.05) is 46.0 Å². The molecule has 0 amide bonds. The zero-order chi connectivity index (χ0) is 16.9. The SMILES string of the molecule is CN=C(NCc1ccc(N2CCCC2)nc1)N1CC(C)CC(C)C1. The van der Waals surface area contributed by atoms with Gasteiger partial charge in [0.25, 0.3) is 0 Å². The van der Waals surface area contributed by atoms with Crippen molar-refractivity contribution < 1.29 is 0 Å². The number of anilines is 1. The largest absolute Gasteiger partial charge is 0.357 e. The molecule has 2 saturated heterocycles. The van der Waals surface area contributed by atoms with Crippen molar-refractivity contribution in [3.05, 3.63) is 23.9 Å². The fourth-order valence-corrected chi connectivity index (χ4v) is 4.00. The molecule has 1 aromatic heterocycles. The lowest BCUT2D eigenvalue weighted by Gasteiger charge is -2.37. The zero-order valence-corrected chi connectivity index (χ0v) is 15.3. The van der Waals surface area contributed by atoms with E-state index in [9.17, 15) is 0 Å². The van der Waals surface area contributed by atoms with Crippen LogP contribution in [-0.2, 0) is 6.54 Å². The van der Waals surface area contributed by atoms with Crippen LogP contribution in [-0.4, -0.2) is 49.1 Å². The highest BCUT2D eigenvalue weighted by Gasteiger charge is 2.23. The number of likely N-dealkylation sites (tertiary alicyclic amines) is 1. The molecule has 2 fully saturated rings. The van der Waals surface area contributed by atoms with Crippen LogP contribution < -0.4 is 10.2 Å². The van der Waals surface area contributed by atoms with Crippen LogP contribution in [0, 0.1) is 11.8 Å². The van der Waals surface area contributed by atoms with Crippen LogP contribution in [0.4, 0.5) is 5.82 Å². The minimum atomic E-state index is 0.730. The van der Waals surface area contributed by atoms with Crippen LogP contribution in [0.15, 0.2) is 23.3 Å². The maximum absolute atomic E-state index is 4.63. The van der Waals surface area contributed by atoms with Gasteiger partial charge in [0.1, 0.15) is 5.82 Å². The molecule has 0 aliphatic carbocycles. The number of aromatic nitrogens is 1.